The van der Waals surface area contributed by atoms with Gasteiger partial charge in [0, 0.05) is 6.42 Å². The van der Waals surface area contributed by atoms with Crippen molar-refractivity contribution in [3.05, 3.63) is 17.7 Å². The molecule has 1 aliphatic rings. The summed E-state index contributed by atoms with van der Waals surface area (Å²) in [5.41, 5.74) is 1.27. The molecule has 3 amide bonds. The summed E-state index contributed by atoms with van der Waals surface area (Å²) in [7, 11) is 2.97. The first-order valence-corrected chi connectivity index (χ1v) is 7.82. The summed E-state index contributed by atoms with van der Waals surface area (Å²) in [6, 6.07) is 2.71. The van der Waals surface area contributed by atoms with Crippen molar-refractivity contribution in [3.63, 3.8) is 0 Å². The third-order valence-electron chi connectivity index (χ3n) is 3.63. The fourth-order valence-electron chi connectivity index (χ4n) is 2.55. The second kappa shape index (κ2) is 8.90. The van der Waals surface area contributed by atoms with Crippen LogP contribution in [0.15, 0.2) is 12.1 Å². The van der Waals surface area contributed by atoms with Gasteiger partial charge in [-0.15, -0.1) is 0 Å². The van der Waals surface area contributed by atoms with Crippen molar-refractivity contribution in [2.24, 2.45) is 0 Å². The van der Waals surface area contributed by atoms with Gasteiger partial charge < -0.3 is 9.47 Å². The summed E-state index contributed by atoms with van der Waals surface area (Å²) in [6.07, 6.45) is 1.02. The van der Waals surface area contributed by atoms with Gasteiger partial charge in [-0.25, -0.2) is 0 Å². The van der Waals surface area contributed by atoms with Gasteiger partial charge >= 0.3 is 0 Å². The molecular formula is C17H24N2O5. The number of methoxy groups -OCH3 is 2. The van der Waals surface area contributed by atoms with Crippen molar-refractivity contribution in [1.29, 1.82) is 0 Å². The Bertz CT molecular complexity index is 615. The van der Waals surface area contributed by atoms with Crippen molar-refractivity contribution in [2.45, 2.75) is 39.7 Å². The highest BCUT2D eigenvalue weighted by Gasteiger charge is 2.33. The second-order valence-electron chi connectivity index (χ2n) is 4.95. The van der Waals surface area contributed by atoms with Gasteiger partial charge in [0.05, 0.1) is 19.9 Å². The molecule has 1 aromatic carbocycles. The van der Waals surface area contributed by atoms with Gasteiger partial charge in [0.25, 0.3) is 0 Å². The van der Waals surface area contributed by atoms with Crippen molar-refractivity contribution >= 4 is 23.9 Å². The number of hydrogen-bond acceptors (Lipinski definition) is 5. The number of aryl methyl sites for hydroxylation is 1. The van der Waals surface area contributed by atoms with E-state index in [1.807, 2.05) is 20.8 Å². The van der Waals surface area contributed by atoms with Crippen LogP contribution >= 0.6 is 0 Å². The maximum absolute atomic E-state index is 12.0. The number of ether oxygens (including phenoxy) is 2. The zero-order chi connectivity index (χ0) is 18.3. The molecule has 24 heavy (non-hydrogen) atoms. The lowest BCUT2D eigenvalue weighted by Gasteiger charge is -2.31. The van der Waals surface area contributed by atoms with Crippen LogP contribution in [0.1, 0.15) is 32.3 Å². The number of nitrogens with one attached hydrogen (secondary N) is 1. The van der Waals surface area contributed by atoms with E-state index < -0.39 is 11.9 Å². The largest absolute Gasteiger partial charge is 0.493 e. The highest BCUT2D eigenvalue weighted by atomic mass is 16.5. The van der Waals surface area contributed by atoms with E-state index in [4.69, 9.17) is 9.47 Å². The molecule has 7 nitrogen and oxygen atoms in total. The van der Waals surface area contributed by atoms with Crippen molar-refractivity contribution < 1.29 is 23.9 Å². The number of benzene rings is 1. The molecule has 1 unspecified atom stereocenters. The van der Waals surface area contributed by atoms with E-state index in [0.29, 0.717) is 23.6 Å². The second-order valence-corrected chi connectivity index (χ2v) is 4.95. The number of carbonyl (C=O) groups is 3. The van der Waals surface area contributed by atoms with Crippen LogP contribution < -0.4 is 19.7 Å². The van der Waals surface area contributed by atoms with E-state index in [1.165, 1.54) is 19.1 Å². The van der Waals surface area contributed by atoms with Crippen molar-refractivity contribution in [3.8, 4) is 11.5 Å². The minimum Gasteiger partial charge on any atom is -0.493 e. The van der Waals surface area contributed by atoms with E-state index in [2.05, 4.69) is 5.32 Å². The number of nitrogens with zero attached hydrogens (tertiary/aromatic N) is 1. The average Bonchev–Trinajstić information content (AvgIpc) is 2.59. The smallest absolute Gasteiger partial charge is 0.249 e. The average molecular weight is 336 g/mol. The van der Waals surface area contributed by atoms with Gasteiger partial charge in [0.15, 0.2) is 11.5 Å². The maximum atomic E-state index is 12.0. The minimum absolute atomic E-state index is 0.187. The molecule has 0 bridgehead atoms. The number of piperidine rings is 1. The van der Waals surface area contributed by atoms with Gasteiger partial charge in [0.2, 0.25) is 18.2 Å². The normalized spacial score (nSPS) is 16.5. The first-order valence-electron chi connectivity index (χ1n) is 7.82. The SMILES string of the molecule is CC.COc1c(C)ccc(N(C=O)C2CCC(=O)NC2=O)c1OC. The Balaban J connectivity index is 0.00000139. The third-order valence-corrected chi connectivity index (χ3v) is 3.63. The first-order chi connectivity index (χ1) is 11.5. The Kier molecular flexibility index (Phi) is 7.23. The van der Waals surface area contributed by atoms with Crippen LogP contribution in [0.25, 0.3) is 0 Å². The molecule has 1 heterocycles. The van der Waals surface area contributed by atoms with Crippen LogP contribution in [0, 0.1) is 6.92 Å². The highest BCUT2D eigenvalue weighted by molar-refractivity contribution is 6.04. The predicted octanol–water partition coefficient (Wildman–Crippen LogP) is 1.81. The number of amides is 3. The third kappa shape index (κ3) is 3.84. The van der Waals surface area contributed by atoms with E-state index in [-0.39, 0.29) is 18.7 Å². The lowest BCUT2D eigenvalue weighted by Crippen LogP contribution is -2.52. The van der Waals surface area contributed by atoms with E-state index in [1.54, 1.807) is 12.1 Å². The monoisotopic (exact) mass is 336 g/mol. The fourth-order valence-corrected chi connectivity index (χ4v) is 2.55. The molecule has 0 aromatic heterocycles. The summed E-state index contributed by atoms with van der Waals surface area (Å²) in [5.74, 6) is 0.0453. The first kappa shape index (κ1) is 19.5. The van der Waals surface area contributed by atoms with Crippen molar-refractivity contribution in [2.75, 3.05) is 19.1 Å². The lowest BCUT2D eigenvalue weighted by molar-refractivity contribution is -0.134. The molecule has 1 aromatic rings. The molecule has 1 atom stereocenters. The summed E-state index contributed by atoms with van der Waals surface area (Å²) in [4.78, 5) is 36.1. The zero-order valence-corrected chi connectivity index (χ0v) is 14.7. The summed E-state index contributed by atoms with van der Waals surface area (Å²) in [5, 5.41) is 2.24. The molecule has 0 spiro atoms. The summed E-state index contributed by atoms with van der Waals surface area (Å²) >= 11 is 0. The van der Waals surface area contributed by atoms with Crippen molar-refractivity contribution in [1.82, 2.24) is 5.32 Å². The van der Waals surface area contributed by atoms with E-state index in [0.717, 1.165) is 5.56 Å². The van der Waals surface area contributed by atoms with Gasteiger partial charge in [-0.3, -0.25) is 24.6 Å². The Morgan fingerprint density at radius 3 is 2.29 bits per heavy atom. The molecule has 132 valence electrons. The van der Waals surface area contributed by atoms with E-state index in [9.17, 15) is 14.4 Å². The van der Waals surface area contributed by atoms with Gasteiger partial charge in [-0.05, 0) is 25.0 Å². The fraction of sp³-hybridized carbons (Fsp3) is 0.471. The Morgan fingerprint density at radius 2 is 1.79 bits per heavy atom. The van der Waals surface area contributed by atoms with Gasteiger partial charge in [-0.1, -0.05) is 19.9 Å². The number of imide groups is 1. The van der Waals surface area contributed by atoms with Crippen LogP contribution in [0.5, 0.6) is 11.5 Å². The molecule has 0 radical (unpaired) electrons. The standard InChI is InChI=1S/C15H18N2O5.C2H6/c1-9-4-5-10(14(22-3)13(9)21-2)17(8-18)11-6-7-12(19)16-15(11)20;1-2/h4-5,8,11H,6-7H2,1-3H3,(H,16,19,20);1-2H3. The van der Waals surface area contributed by atoms with Crippen LogP contribution in [0.2, 0.25) is 0 Å². The molecule has 2 rings (SSSR count). The highest BCUT2D eigenvalue weighted by Crippen LogP contribution is 2.40. The van der Waals surface area contributed by atoms with Crippen LogP contribution in [-0.2, 0) is 14.4 Å². The Morgan fingerprint density at radius 1 is 1.17 bits per heavy atom. The molecule has 1 N–H and O–H groups in total. The molecule has 1 aliphatic heterocycles. The summed E-state index contributed by atoms with van der Waals surface area (Å²) in [6.45, 7) is 5.85. The Hall–Kier alpha value is -2.57. The molecule has 0 saturated carbocycles. The number of carbonyl (C=O) groups excluding carboxylic acids is 3. The predicted molar refractivity (Wildman–Crippen MR) is 90.3 cm³/mol. The molecule has 1 saturated heterocycles. The molecule has 7 heteroatoms. The Labute approximate surface area is 141 Å². The lowest BCUT2D eigenvalue weighted by atomic mass is 10.0. The van der Waals surface area contributed by atoms with Gasteiger partial charge in [-0.2, -0.15) is 0 Å². The van der Waals surface area contributed by atoms with Crippen LogP contribution in [0.4, 0.5) is 5.69 Å². The topological polar surface area (TPSA) is 84.9 Å². The number of hydrogen-bond donors (Lipinski definition) is 1. The molecule has 1 fully saturated rings. The minimum atomic E-state index is -0.753. The molecular weight excluding hydrogens is 312 g/mol. The number of rotatable bonds is 5. The quantitative estimate of drug-likeness (QED) is 0.655. The number of anilines is 1. The maximum Gasteiger partial charge on any atom is 0.249 e. The zero-order valence-electron chi connectivity index (χ0n) is 14.7. The van der Waals surface area contributed by atoms with Gasteiger partial charge in [0.1, 0.15) is 6.04 Å². The summed E-state index contributed by atoms with van der Waals surface area (Å²) < 4.78 is 10.7. The van der Waals surface area contributed by atoms with Crippen LogP contribution in [-0.4, -0.2) is 38.5 Å². The van der Waals surface area contributed by atoms with Crippen LogP contribution in [0.3, 0.4) is 0 Å². The molecule has 0 aliphatic carbocycles. The van der Waals surface area contributed by atoms with E-state index >= 15 is 0 Å².